The second-order valence-corrected chi connectivity index (χ2v) is 6.08. The van der Waals surface area contributed by atoms with E-state index in [4.69, 9.17) is 4.84 Å². The van der Waals surface area contributed by atoms with Crippen molar-refractivity contribution >= 4 is 23.2 Å². The smallest absolute Gasteiger partial charge is 0.406 e. The van der Waals surface area contributed by atoms with Gasteiger partial charge in [0.25, 0.3) is 11.6 Å². The molecular formula is C15H13F3N2O7. The molecule has 1 fully saturated rings. The van der Waals surface area contributed by atoms with Gasteiger partial charge in [0.2, 0.25) is 0 Å². The first kappa shape index (κ1) is 20.3. The molecule has 27 heavy (non-hydrogen) atoms. The first-order valence-corrected chi connectivity index (χ1v) is 7.34. The number of nitro groups is 1. The second-order valence-electron chi connectivity index (χ2n) is 6.08. The Morgan fingerprint density at radius 1 is 1.33 bits per heavy atom. The molecule has 0 aliphatic carbocycles. The van der Waals surface area contributed by atoms with Crippen LogP contribution < -0.4 is 4.74 Å². The third kappa shape index (κ3) is 4.05. The van der Waals surface area contributed by atoms with Crippen LogP contribution in [0.15, 0.2) is 18.2 Å². The summed E-state index contributed by atoms with van der Waals surface area (Å²) in [6.45, 7) is 2.60. The number of Topliss-reactive ketones (excluding diaryl/α,β-unsaturated/α-hetero) is 2. The third-order valence-corrected chi connectivity index (χ3v) is 3.71. The van der Waals surface area contributed by atoms with Gasteiger partial charge in [0.05, 0.1) is 16.6 Å². The number of benzene rings is 1. The maximum Gasteiger partial charge on any atom is 0.573 e. The Hall–Kier alpha value is -3.02. The summed E-state index contributed by atoms with van der Waals surface area (Å²) in [6.07, 6.45) is -5.10. The number of hydrogen-bond donors (Lipinski definition) is 0. The molecule has 1 aromatic rings. The van der Waals surface area contributed by atoms with Gasteiger partial charge in [-0.2, -0.15) is 0 Å². The summed E-state index contributed by atoms with van der Waals surface area (Å²) in [5.41, 5.74) is -3.29. The minimum Gasteiger partial charge on any atom is -0.406 e. The number of alkyl halides is 3. The van der Waals surface area contributed by atoms with Crippen LogP contribution in [0, 0.1) is 16.0 Å². The van der Waals surface area contributed by atoms with Crippen molar-refractivity contribution in [2.75, 3.05) is 7.05 Å². The number of halogens is 3. The monoisotopic (exact) mass is 390 g/mol. The summed E-state index contributed by atoms with van der Waals surface area (Å²) in [5, 5.41) is 11.9. The van der Waals surface area contributed by atoms with E-state index in [2.05, 4.69) is 4.74 Å². The standard InChI is InChI=1S/C15H13F3N2O7/c1-14(2)12(22)10(13(23)19(3)27-14)11(21)8-5-4-7(26-15(16,17)18)6-9(8)20(24)25/h4-6,10H,1-3H3. The van der Waals surface area contributed by atoms with E-state index in [9.17, 15) is 37.7 Å². The van der Waals surface area contributed by atoms with Crippen molar-refractivity contribution in [3.8, 4) is 5.75 Å². The van der Waals surface area contributed by atoms with E-state index in [0.29, 0.717) is 23.3 Å². The highest BCUT2D eigenvalue weighted by atomic mass is 19.4. The highest BCUT2D eigenvalue weighted by Crippen LogP contribution is 2.33. The number of ketones is 2. The van der Waals surface area contributed by atoms with Crippen LogP contribution in [0.4, 0.5) is 18.9 Å². The maximum atomic E-state index is 12.7. The summed E-state index contributed by atoms with van der Waals surface area (Å²) in [6, 6.07) is 1.77. The van der Waals surface area contributed by atoms with Gasteiger partial charge in [-0.15, -0.1) is 13.2 Å². The summed E-state index contributed by atoms with van der Waals surface area (Å²) < 4.78 is 40.4. The lowest BCUT2D eigenvalue weighted by Crippen LogP contribution is -2.57. The second kappa shape index (κ2) is 6.61. The highest BCUT2D eigenvalue weighted by molar-refractivity contribution is 6.26. The zero-order valence-electron chi connectivity index (χ0n) is 14.2. The highest BCUT2D eigenvalue weighted by Gasteiger charge is 2.51. The van der Waals surface area contributed by atoms with Crippen LogP contribution in [-0.2, 0) is 14.4 Å². The molecule has 1 heterocycles. The van der Waals surface area contributed by atoms with Crippen LogP contribution >= 0.6 is 0 Å². The number of carbonyl (C=O) groups is 3. The van der Waals surface area contributed by atoms with E-state index < -0.39 is 57.3 Å². The van der Waals surface area contributed by atoms with Crippen LogP contribution in [0.1, 0.15) is 24.2 Å². The SMILES string of the molecule is CN1OC(C)(C)C(=O)C(C(=O)c2ccc(OC(F)(F)F)cc2[N+](=O)[O-])C1=O. The largest absolute Gasteiger partial charge is 0.573 e. The van der Waals surface area contributed by atoms with Crippen LogP contribution in [0.3, 0.4) is 0 Å². The molecule has 0 spiro atoms. The molecular weight excluding hydrogens is 377 g/mol. The van der Waals surface area contributed by atoms with Crippen LogP contribution in [0.2, 0.25) is 0 Å². The topological polar surface area (TPSA) is 116 Å². The van der Waals surface area contributed by atoms with Crippen LogP contribution in [0.25, 0.3) is 0 Å². The zero-order chi connectivity index (χ0) is 20.7. The molecule has 9 nitrogen and oxygen atoms in total. The number of amides is 1. The molecule has 2 rings (SSSR count). The Morgan fingerprint density at radius 2 is 1.93 bits per heavy atom. The van der Waals surface area contributed by atoms with Gasteiger partial charge in [0.1, 0.15) is 11.4 Å². The van der Waals surface area contributed by atoms with Crippen molar-refractivity contribution in [3.63, 3.8) is 0 Å². The van der Waals surface area contributed by atoms with Crippen LogP contribution in [-0.4, -0.2) is 46.5 Å². The van der Waals surface area contributed by atoms with Crippen molar-refractivity contribution in [2.45, 2.75) is 25.8 Å². The van der Waals surface area contributed by atoms with E-state index in [1.54, 1.807) is 0 Å². The van der Waals surface area contributed by atoms with Crippen molar-refractivity contribution < 1.29 is 42.1 Å². The Bertz CT molecular complexity index is 835. The van der Waals surface area contributed by atoms with E-state index in [1.807, 2.05) is 0 Å². The lowest BCUT2D eigenvalue weighted by Gasteiger charge is -2.37. The molecule has 0 N–H and O–H groups in total. The summed E-state index contributed by atoms with van der Waals surface area (Å²) in [7, 11) is 1.16. The van der Waals surface area contributed by atoms with Crippen molar-refractivity contribution in [2.24, 2.45) is 5.92 Å². The van der Waals surface area contributed by atoms with E-state index in [1.165, 1.54) is 13.8 Å². The van der Waals surface area contributed by atoms with Gasteiger partial charge in [-0.3, -0.25) is 29.3 Å². The number of rotatable bonds is 4. The molecule has 0 radical (unpaired) electrons. The summed E-state index contributed by atoms with van der Waals surface area (Å²) in [4.78, 5) is 52.4. The maximum absolute atomic E-state index is 12.7. The molecule has 1 atom stereocenters. The van der Waals surface area contributed by atoms with Crippen molar-refractivity contribution in [1.82, 2.24) is 5.06 Å². The fourth-order valence-corrected chi connectivity index (χ4v) is 2.53. The molecule has 1 saturated heterocycles. The first-order valence-electron chi connectivity index (χ1n) is 7.34. The third-order valence-electron chi connectivity index (χ3n) is 3.71. The minimum absolute atomic E-state index is 0.393. The number of carbonyl (C=O) groups excluding carboxylic acids is 3. The predicted molar refractivity (Wildman–Crippen MR) is 80.5 cm³/mol. The van der Waals surface area contributed by atoms with Gasteiger partial charge in [-0.05, 0) is 26.0 Å². The van der Waals surface area contributed by atoms with Gasteiger partial charge in [-0.1, -0.05) is 0 Å². The molecule has 0 bridgehead atoms. The Morgan fingerprint density at radius 3 is 2.44 bits per heavy atom. The van der Waals surface area contributed by atoms with E-state index >= 15 is 0 Å². The first-order chi connectivity index (χ1) is 12.2. The van der Waals surface area contributed by atoms with Gasteiger partial charge < -0.3 is 4.74 Å². The Balaban J connectivity index is 2.50. The predicted octanol–water partition coefficient (Wildman–Crippen LogP) is 2.04. The van der Waals surface area contributed by atoms with Gasteiger partial charge >= 0.3 is 6.36 Å². The summed E-state index contributed by atoms with van der Waals surface area (Å²) in [5.74, 6) is -6.05. The Kier molecular flexibility index (Phi) is 4.97. The average Bonchev–Trinajstić information content (AvgIpc) is 2.51. The number of hydrogen-bond acceptors (Lipinski definition) is 7. The average molecular weight is 390 g/mol. The number of nitrogens with zero attached hydrogens (tertiary/aromatic N) is 2. The van der Waals surface area contributed by atoms with Gasteiger partial charge in [0, 0.05) is 7.05 Å². The zero-order valence-corrected chi connectivity index (χ0v) is 14.2. The molecule has 12 heteroatoms. The minimum atomic E-state index is -5.10. The lowest BCUT2D eigenvalue weighted by atomic mass is 9.83. The van der Waals surface area contributed by atoms with E-state index in [0.717, 1.165) is 7.05 Å². The molecule has 0 aromatic heterocycles. The Labute approximate surface area is 149 Å². The van der Waals surface area contributed by atoms with Gasteiger partial charge in [-0.25, -0.2) is 5.06 Å². The molecule has 0 saturated carbocycles. The molecule has 1 aromatic carbocycles. The molecule has 1 aliphatic heterocycles. The molecule has 1 amide bonds. The number of ether oxygens (including phenoxy) is 1. The molecule has 146 valence electrons. The fourth-order valence-electron chi connectivity index (χ4n) is 2.53. The molecule has 1 unspecified atom stereocenters. The lowest BCUT2D eigenvalue weighted by molar-refractivity contribution is -0.385. The normalized spacial score (nSPS) is 19.8. The molecule has 1 aliphatic rings. The van der Waals surface area contributed by atoms with E-state index in [-0.39, 0.29) is 0 Å². The number of hydroxylamine groups is 2. The summed E-state index contributed by atoms with van der Waals surface area (Å²) >= 11 is 0. The van der Waals surface area contributed by atoms with Crippen molar-refractivity contribution in [1.29, 1.82) is 0 Å². The van der Waals surface area contributed by atoms with Crippen LogP contribution in [0.5, 0.6) is 5.75 Å². The fraction of sp³-hybridized carbons (Fsp3) is 0.400. The van der Waals surface area contributed by atoms with Gasteiger partial charge in [0.15, 0.2) is 17.5 Å². The quantitative estimate of drug-likeness (QED) is 0.334. The number of nitro benzene ring substituents is 1. The van der Waals surface area contributed by atoms with Crippen molar-refractivity contribution in [3.05, 3.63) is 33.9 Å².